The summed E-state index contributed by atoms with van der Waals surface area (Å²) < 4.78 is 1.77. The van der Waals surface area contributed by atoms with Crippen LogP contribution in [-0.4, -0.2) is 62.9 Å². The van der Waals surface area contributed by atoms with Gasteiger partial charge in [0, 0.05) is 30.9 Å². The minimum Gasteiger partial charge on any atom is -0.339 e. The lowest BCUT2D eigenvalue weighted by molar-refractivity contribution is 0.0757. The smallest absolute Gasteiger partial charge is 0.253 e. The van der Waals surface area contributed by atoms with Gasteiger partial charge in [0.2, 0.25) is 0 Å². The minimum absolute atomic E-state index is 0.160. The Labute approximate surface area is 154 Å². The molecular formula is C20H27N5O. The molecule has 6 nitrogen and oxygen atoms in total. The van der Waals surface area contributed by atoms with Crippen LogP contribution in [0.4, 0.5) is 0 Å². The summed E-state index contributed by atoms with van der Waals surface area (Å²) in [4.78, 5) is 17.7. The highest BCUT2D eigenvalue weighted by Gasteiger charge is 2.26. The molecule has 3 heterocycles. The van der Waals surface area contributed by atoms with Crippen LogP contribution in [0.25, 0.3) is 0 Å². The van der Waals surface area contributed by atoms with Gasteiger partial charge in [0.25, 0.3) is 5.91 Å². The van der Waals surface area contributed by atoms with E-state index in [1.165, 1.54) is 32.4 Å². The first kappa shape index (κ1) is 17.2. The average molecular weight is 353 g/mol. The predicted molar refractivity (Wildman–Crippen MR) is 99.9 cm³/mol. The Balaban J connectivity index is 1.40. The molecular weight excluding hydrogens is 326 g/mol. The molecule has 1 amide bonds. The predicted octanol–water partition coefficient (Wildman–Crippen LogP) is 2.42. The van der Waals surface area contributed by atoms with E-state index in [2.05, 4.69) is 15.2 Å². The highest BCUT2D eigenvalue weighted by Crippen LogP contribution is 2.22. The number of carbonyl (C=O) groups is 1. The summed E-state index contributed by atoms with van der Waals surface area (Å²) in [6.07, 6.45) is 9.59. The van der Waals surface area contributed by atoms with Crippen LogP contribution in [0.15, 0.2) is 36.7 Å². The van der Waals surface area contributed by atoms with Gasteiger partial charge in [-0.05, 0) is 62.9 Å². The number of amides is 1. The molecule has 4 rings (SSSR count). The molecule has 26 heavy (non-hydrogen) atoms. The lowest BCUT2D eigenvalue weighted by atomic mass is 10.1. The third-order valence-corrected chi connectivity index (χ3v) is 5.63. The van der Waals surface area contributed by atoms with Gasteiger partial charge in [0.15, 0.2) is 0 Å². The van der Waals surface area contributed by atoms with Crippen molar-refractivity contribution in [2.24, 2.45) is 0 Å². The molecule has 2 aromatic rings. The van der Waals surface area contributed by atoms with Crippen molar-refractivity contribution in [1.82, 2.24) is 24.8 Å². The molecule has 1 atom stereocenters. The zero-order valence-corrected chi connectivity index (χ0v) is 15.3. The zero-order valence-electron chi connectivity index (χ0n) is 15.3. The molecule has 138 valence electrons. The number of aromatic nitrogens is 3. The molecule has 1 aromatic carbocycles. The Morgan fingerprint density at radius 3 is 2.77 bits per heavy atom. The van der Waals surface area contributed by atoms with Crippen LogP contribution in [0.5, 0.6) is 0 Å². The molecule has 0 saturated carbocycles. The van der Waals surface area contributed by atoms with Crippen LogP contribution in [-0.2, 0) is 6.54 Å². The number of rotatable bonds is 4. The van der Waals surface area contributed by atoms with E-state index in [1.54, 1.807) is 10.9 Å². The van der Waals surface area contributed by atoms with Gasteiger partial charge in [-0.15, -0.1) is 5.10 Å². The lowest BCUT2D eigenvalue weighted by Gasteiger charge is -2.26. The van der Waals surface area contributed by atoms with E-state index in [-0.39, 0.29) is 5.91 Å². The molecule has 0 radical (unpaired) electrons. The van der Waals surface area contributed by atoms with E-state index in [1.807, 2.05) is 35.4 Å². The maximum Gasteiger partial charge on any atom is 0.253 e. The molecule has 1 aromatic heterocycles. The third kappa shape index (κ3) is 3.96. The van der Waals surface area contributed by atoms with Gasteiger partial charge >= 0.3 is 0 Å². The van der Waals surface area contributed by atoms with E-state index in [0.29, 0.717) is 12.6 Å². The summed E-state index contributed by atoms with van der Waals surface area (Å²) in [6, 6.07) is 8.58. The molecule has 0 spiro atoms. The van der Waals surface area contributed by atoms with Gasteiger partial charge in [0.05, 0.1) is 12.7 Å². The van der Waals surface area contributed by atoms with Crippen molar-refractivity contribution >= 4 is 5.91 Å². The molecule has 2 saturated heterocycles. The summed E-state index contributed by atoms with van der Waals surface area (Å²) in [5.41, 5.74) is 1.85. The third-order valence-electron chi connectivity index (χ3n) is 5.63. The standard InChI is InChI=1S/C20H27N5O/c26-20(18-6-3-5-17(15-18)16-25-14-9-21-22-25)24-12-4-7-19(8-13-24)23-10-1-2-11-23/h3,5-6,9,14-15,19H,1-2,4,7-8,10-13,16H2. The van der Waals surface area contributed by atoms with Crippen LogP contribution >= 0.6 is 0 Å². The van der Waals surface area contributed by atoms with Crippen LogP contribution in [0.3, 0.4) is 0 Å². The molecule has 2 aliphatic rings. The van der Waals surface area contributed by atoms with Gasteiger partial charge in [-0.1, -0.05) is 17.3 Å². The van der Waals surface area contributed by atoms with Crippen LogP contribution in [0.1, 0.15) is 48.0 Å². The van der Waals surface area contributed by atoms with E-state index in [9.17, 15) is 4.79 Å². The fourth-order valence-corrected chi connectivity index (χ4v) is 4.24. The van der Waals surface area contributed by atoms with Crippen molar-refractivity contribution in [3.05, 3.63) is 47.8 Å². The molecule has 0 N–H and O–H groups in total. The maximum absolute atomic E-state index is 13.0. The zero-order chi connectivity index (χ0) is 17.8. The van der Waals surface area contributed by atoms with Crippen LogP contribution in [0, 0.1) is 0 Å². The van der Waals surface area contributed by atoms with Crippen molar-refractivity contribution in [1.29, 1.82) is 0 Å². The van der Waals surface area contributed by atoms with Crippen molar-refractivity contribution in [2.75, 3.05) is 26.2 Å². The fraction of sp³-hybridized carbons (Fsp3) is 0.550. The van der Waals surface area contributed by atoms with Gasteiger partial charge in [0.1, 0.15) is 0 Å². The quantitative estimate of drug-likeness (QED) is 0.847. The summed E-state index contributed by atoms with van der Waals surface area (Å²) in [7, 11) is 0. The van der Waals surface area contributed by atoms with E-state index >= 15 is 0 Å². The second-order valence-corrected chi connectivity index (χ2v) is 7.42. The number of hydrogen-bond acceptors (Lipinski definition) is 4. The van der Waals surface area contributed by atoms with E-state index in [4.69, 9.17) is 0 Å². The Kier molecular flexibility index (Phi) is 5.29. The Bertz CT molecular complexity index is 724. The van der Waals surface area contributed by atoms with Crippen molar-refractivity contribution in [2.45, 2.75) is 44.7 Å². The van der Waals surface area contributed by atoms with Gasteiger partial charge < -0.3 is 9.80 Å². The highest BCUT2D eigenvalue weighted by atomic mass is 16.2. The maximum atomic E-state index is 13.0. The first-order valence-electron chi connectivity index (χ1n) is 9.76. The summed E-state index contributed by atoms with van der Waals surface area (Å²) >= 11 is 0. The van der Waals surface area contributed by atoms with Crippen molar-refractivity contribution in [3.8, 4) is 0 Å². The summed E-state index contributed by atoms with van der Waals surface area (Å²) in [6.45, 7) is 4.85. The monoisotopic (exact) mass is 353 g/mol. The number of benzene rings is 1. The molecule has 1 unspecified atom stereocenters. The topological polar surface area (TPSA) is 54.3 Å². The van der Waals surface area contributed by atoms with Crippen LogP contribution < -0.4 is 0 Å². The largest absolute Gasteiger partial charge is 0.339 e. The summed E-state index contributed by atoms with van der Waals surface area (Å²) in [5.74, 6) is 0.160. The number of nitrogens with zero attached hydrogens (tertiary/aromatic N) is 5. The Morgan fingerprint density at radius 2 is 1.96 bits per heavy atom. The minimum atomic E-state index is 0.160. The number of carbonyl (C=O) groups excluding carboxylic acids is 1. The molecule has 0 aliphatic carbocycles. The van der Waals surface area contributed by atoms with Crippen molar-refractivity contribution in [3.63, 3.8) is 0 Å². The second-order valence-electron chi connectivity index (χ2n) is 7.42. The molecule has 2 fully saturated rings. The van der Waals surface area contributed by atoms with Gasteiger partial charge in [-0.3, -0.25) is 4.79 Å². The average Bonchev–Trinajstić information content (AvgIpc) is 3.32. The van der Waals surface area contributed by atoms with Gasteiger partial charge in [-0.25, -0.2) is 4.68 Å². The Morgan fingerprint density at radius 1 is 1.08 bits per heavy atom. The van der Waals surface area contributed by atoms with E-state index < -0.39 is 0 Å². The second kappa shape index (κ2) is 7.99. The fourth-order valence-electron chi connectivity index (χ4n) is 4.24. The van der Waals surface area contributed by atoms with Crippen LogP contribution in [0.2, 0.25) is 0 Å². The first-order valence-corrected chi connectivity index (χ1v) is 9.76. The molecule has 6 heteroatoms. The lowest BCUT2D eigenvalue weighted by Crippen LogP contribution is -2.35. The molecule has 0 bridgehead atoms. The SMILES string of the molecule is O=C(c1cccc(Cn2ccnn2)c1)N1CCCC(N2CCCC2)CC1. The molecule has 2 aliphatic heterocycles. The first-order chi connectivity index (χ1) is 12.8. The Hall–Kier alpha value is -2.21. The number of hydrogen-bond donors (Lipinski definition) is 0. The van der Waals surface area contributed by atoms with Crippen molar-refractivity contribution < 1.29 is 4.79 Å². The van der Waals surface area contributed by atoms with E-state index in [0.717, 1.165) is 37.1 Å². The number of likely N-dealkylation sites (tertiary alicyclic amines) is 2. The highest BCUT2D eigenvalue weighted by molar-refractivity contribution is 5.94. The summed E-state index contributed by atoms with van der Waals surface area (Å²) in [5, 5.41) is 7.83. The normalized spacial score (nSPS) is 21.7. The van der Waals surface area contributed by atoms with Gasteiger partial charge in [-0.2, -0.15) is 0 Å².